The second-order valence-electron chi connectivity index (χ2n) is 9.75. The third kappa shape index (κ3) is 4.02. The monoisotopic (exact) mass is 393 g/mol. The van der Waals surface area contributed by atoms with Gasteiger partial charge in [0.25, 0.3) is 0 Å². The van der Waals surface area contributed by atoms with E-state index in [1.807, 2.05) is 6.07 Å². The first kappa shape index (κ1) is 20.3. The van der Waals surface area contributed by atoms with Crippen molar-refractivity contribution in [3.05, 3.63) is 59.2 Å². The van der Waals surface area contributed by atoms with E-state index < -0.39 is 0 Å². The Morgan fingerprint density at radius 3 is 2.66 bits per heavy atom. The van der Waals surface area contributed by atoms with Crippen LogP contribution in [0.2, 0.25) is 0 Å². The van der Waals surface area contributed by atoms with Crippen LogP contribution in [0.4, 0.5) is 5.69 Å². The van der Waals surface area contributed by atoms with Gasteiger partial charge in [-0.2, -0.15) is 0 Å². The van der Waals surface area contributed by atoms with Crippen LogP contribution in [0, 0.1) is 5.92 Å². The summed E-state index contributed by atoms with van der Waals surface area (Å²) >= 11 is 0. The van der Waals surface area contributed by atoms with E-state index >= 15 is 0 Å². The summed E-state index contributed by atoms with van der Waals surface area (Å²) in [5.74, 6) is 1.19. The Hall–Kier alpha value is -2.00. The Balaban J connectivity index is 1.54. The molecule has 29 heavy (non-hydrogen) atoms. The number of nitrogens with one attached hydrogen (secondary N) is 1. The van der Waals surface area contributed by atoms with Crippen molar-refractivity contribution in [3.8, 4) is 5.75 Å². The van der Waals surface area contributed by atoms with Gasteiger partial charge in [0.15, 0.2) is 0 Å². The van der Waals surface area contributed by atoms with Crippen molar-refractivity contribution in [2.45, 2.75) is 82.8 Å². The Kier molecular flexibility index (Phi) is 5.61. The molecule has 0 spiro atoms. The lowest BCUT2D eigenvalue weighted by Gasteiger charge is -2.50. The molecule has 3 heteroatoms. The molecule has 4 rings (SSSR count). The summed E-state index contributed by atoms with van der Waals surface area (Å²) in [5.41, 5.74) is 4.53. The molecule has 3 nitrogen and oxygen atoms in total. The number of anilines is 1. The average molecular weight is 394 g/mol. The molecule has 156 valence electrons. The molecule has 2 aromatic rings. The minimum Gasteiger partial charge on any atom is -0.508 e. The molecular formula is C26H35NO2. The summed E-state index contributed by atoms with van der Waals surface area (Å²) in [6.07, 6.45) is 5.95. The third-order valence-electron chi connectivity index (χ3n) is 7.28. The number of aliphatic hydroxyl groups excluding tert-OH is 1. The fraction of sp³-hybridized carbons (Fsp3) is 0.538. The minimum atomic E-state index is -0.317. The zero-order valence-electron chi connectivity index (χ0n) is 18.0. The topological polar surface area (TPSA) is 52.5 Å². The van der Waals surface area contributed by atoms with Gasteiger partial charge in [0.2, 0.25) is 0 Å². The molecule has 3 N–H and O–H groups in total. The lowest BCUT2D eigenvalue weighted by Crippen LogP contribution is -2.50. The highest BCUT2D eigenvalue weighted by Gasteiger charge is 2.46. The smallest absolute Gasteiger partial charge is 0.119 e. The normalized spacial score (nSPS) is 26.1. The second-order valence-corrected chi connectivity index (χ2v) is 9.75. The maximum Gasteiger partial charge on any atom is 0.119 e. The third-order valence-corrected chi connectivity index (χ3v) is 7.28. The summed E-state index contributed by atoms with van der Waals surface area (Å²) in [4.78, 5) is 0. The van der Waals surface area contributed by atoms with Crippen LogP contribution in [0.1, 0.15) is 81.4 Å². The van der Waals surface area contributed by atoms with Gasteiger partial charge in [-0.15, -0.1) is 0 Å². The van der Waals surface area contributed by atoms with E-state index in [4.69, 9.17) is 0 Å². The number of rotatable bonds is 5. The van der Waals surface area contributed by atoms with Crippen LogP contribution in [0.15, 0.2) is 42.5 Å². The van der Waals surface area contributed by atoms with Crippen molar-refractivity contribution < 1.29 is 10.2 Å². The first-order valence-electron chi connectivity index (χ1n) is 11.2. The Bertz CT molecular complexity index is 845. The van der Waals surface area contributed by atoms with E-state index in [-0.39, 0.29) is 17.6 Å². The van der Waals surface area contributed by atoms with Gasteiger partial charge >= 0.3 is 0 Å². The Morgan fingerprint density at radius 2 is 1.90 bits per heavy atom. The highest BCUT2D eigenvalue weighted by molar-refractivity contribution is 5.63. The van der Waals surface area contributed by atoms with E-state index in [1.165, 1.54) is 5.56 Å². The molecule has 4 atom stereocenters. The number of hydrogen-bond donors (Lipinski definition) is 3. The lowest BCUT2D eigenvalue weighted by atomic mass is 9.63. The maximum atomic E-state index is 10.9. The van der Waals surface area contributed by atoms with Gasteiger partial charge < -0.3 is 15.5 Å². The molecule has 1 heterocycles. The van der Waals surface area contributed by atoms with Crippen molar-refractivity contribution in [2.75, 3.05) is 5.32 Å². The van der Waals surface area contributed by atoms with Gasteiger partial charge in [-0.3, -0.25) is 0 Å². The number of phenols is 1. The van der Waals surface area contributed by atoms with Crippen molar-refractivity contribution in [1.82, 2.24) is 0 Å². The van der Waals surface area contributed by atoms with E-state index in [0.29, 0.717) is 17.6 Å². The fourth-order valence-corrected chi connectivity index (χ4v) is 5.66. The van der Waals surface area contributed by atoms with E-state index in [9.17, 15) is 10.2 Å². The predicted octanol–water partition coefficient (Wildman–Crippen LogP) is 5.97. The molecule has 1 aliphatic heterocycles. The van der Waals surface area contributed by atoms with Crippen LogP contribution < -0.4 is 5.32 Å². The summed E-state index contributed by atoms with van der Waals surface area (Å²) in [5, 5.41) is 25.4. The summed E-state index contributed by atoms with van der Waals surface area (Å²) < 4.78 is 0. The van der Waals surface area contributed by atoms with E-state index in [2.05, 4.69) is 62.5 Å². The Morgan fingerprint density at radius 1 is 1.14 bits per heavy atom. The van der Waals surface area contributed by atoms with Crippen LogP contribution >= 0.6 is 0 Å². The average Bonchev–Trinajstić information content (AvgIpc) is 2.69. The molecule has 1 fully saturated rings. The molecule has 1 saturated carbocycles. The summed E-state index contributed by atoms with van der Waals surface area (Å²) in [7, 11) is 0. The first-order valence-corrected chi connectivity index (χ1v) is 11.2. The first-order chi connectivity index (χ1) is 13.9. The highest BCUT2D eigenvalue weighted by Crippen LogP contribution is 2.52. The lowest BCUT2D eigenvalue weighted by molar-refractivity contribution is 0.0496. The van der Waals surface area contributed by atoms with Crippen LogP contribution in [-0.4, -0.2) is 21.9 Å². The predicted molar refractivity (Wildman–Crippen MR) is 120 cm³/mol. The molecule has 2 unspecified atom stereocenters. The van der Waals surface area contributed by atoms with Crippen LogP contribution in [-0.2, 0) is 6.42 Å². The molecule has 0 saturated heterocycles. The zero-order chi connectivity index (χ0) is 20.6. The molecule has 0 radical (unpaired) electrons. The molecule has 2 aromatic carbocycles. The van der Waals surface area contributed by atoms with Gasteiger partial charge in [-0.1, -0.05) is 43.7 Å². The van der Waals surface area contributed by atoms with Gasteiger partial charge in [0.1, 0.15) is 5.75 Å². The number of phenolic OH excluding ortho intramolecular Hbond substituents is 1. The van der Waals surface area contributed by atoms with Gasteiger partial charge in [-0.25, -0.2) is 0 Å². The largest absolute Gasteiger partial charge is 0.508 e. The maximum absolute atomic E-state index is 10.9. The number of fused-ring (bicyclic) bond motifs is 3. The molecule has 1 aliphatic carbocycles. The molecule has 0 amide bonds. The van der Waals surface area contributed by atoms with Crippen LogP contribution in [0.5, 0.6) is 5.75 Å². The number of aromatic hydroxyl groups is 1. The van der Waals surface area contributed by atoms with E-state index in [1.54, 1.807) is 0 Å². The van der Waals surface area contributed by atoms with Crippen molar-refractivity contribution >= 4 is 5.69 Å². The standard InChI is InChI=1S/C26H35NO2/c1-17(9-7-12-18-10-5-4-6-11-18)19-15-22-20(16-24(19)29)25-21(26(2,3)27-22)13-8-14-23(25)28/h4-6,10-11,15-17,21,23,25,27-29H,7-9,12-14H2,1-3H3/t17?,21-,23?,25-/m1/s1. The molecule has 0 aromatic heterocycles. The Labute approximate surface area is 175 Å². The van der Waals surface area contributed by atoms with Gasteiger partial charge in [0.05, 0.1) is 6.10 Å². The SMILES string of the molecule is CC(CCCc1ccccc1)c1cc2c(cc1O)[C@H]1C(O)CCC[C@H]1C(C)(C)N2. The number of aliphatic hydroxyl groups is 1. The zero-order valence-corrected chi connectivity index (χ0v) is 18.0. The van der Waals surface area contributed by atoms with Crippen molar-refractivity contribution in [3.63, 3.8) is 0 Å². The molecule has 0 bridgehead atoms. The highest BCUT2D eigenvalue weighted by atomic mass is 16.3. The van der Waals surface area contributed by atoms with Crippen LogP contribution in [0.3, 0.4) is 0 Å². The fourth-order valence-electron chi connectivity index (χ4n) is 5.66. The van der Waals surface area contributed by atoms with Crippen molar-refractivity contribution in [2.24, 2.45) is 5.92 Å². The minimum absolute atomic E-state index is 0.0517. The van der Waals surface area contributed by atoms with Crippen LogP contribution in [0.25, 0.3) is 0 Å². The molecule has 2 aliphatic rings. The molecular weight excluding hydrogens is 358 g/mol. The number of benzene rings is 2. The van der Waals surface area contributed by atoms with Gasteiger partial charge in [-0.05, 0) is 86.6 Å². The summed E-state index contributed by atoms with van der Waals surface area (Å²) in [6, 6.07) is 14.7. The summed E-state index contributed by atoms with van der Waals surface area (Å²) in [6.45, 7) is 6.71. The number of aryl methyl sites for hydroxylation is 1. The van der Waals surface area contributed by atoms with Crippen molar-refractivity contribution in [1.29, 1.82) is 0 Å². The second kappa shape index (κ2) is 8.02. The van der Waals surface area contributed by atoms with E-state index in [0.717, 1.165) is 55.3 Å². The number of hydrogen-bond acceptors (Lipinski definition) is 3. The van der Waals surface area contributed by atoms with Gasteiger partial charge in [0, 0.05) is 17.1 Å². The quantitative estimate of drug-likeness (QED) is 0.549.